The molecule has 1 heterocycles. The summed E-state index contributed by atoms with van der Waals surface area (Å²) in [6.45, 7) is 10.1. The molecule has 0 aromatic heterocycles. The highest BCUT2D eigenvalue weighted by Gasteiger charge is 2.31. The first kappa shape index (κ1) is 36.9. The van der Waals surface area contributed by atoms with Crippen LogP contribution < -0.4 is 19.5 Å². The molecule has 0 saturated heterocycles. The van der Waals surface area contributed by atoms with Gasteiger partial charge in [-0.2, -0.15) is 0 Å². The number of ether oxygens (including phenoxy) is 3. The van der Waals surface area contributed by atoms with E-state index in [1.54, 1.807) is 48.0 Å². The van der Waals surface area contributed by atoms with Gasteiger partial charge in [-0.15, -0.1) is 0 Å². The second kappa shape index (κ2) is 16.8. The zero-order valence-corrected chi connectivity index (χ0v) is 28.8. The van der Waals surface area contributed by atoms with Crippen molar-refractivity contribution in [2.24, 2.45) is 5.92 Å². The molecule has 3 rings (SSSR count). The lowest BCUT2D eigenvalue weighted by Gasteiger charge is -2.36. The number of urea groups is 1. The lowest BCUT2D eigenvalue weighted by molar-refractivity contribution is -0.0122. The maximum atomic E-state index is 14.3. The van der Waals surface area contributed by atoms with E-state index in [1.807, 2.05) is 27.7 Å². The number of nitrogens with one attached hydrogen (secondary N) is 2. The molecule has 3 amide bonds. The van der Waals surface area contributed by atoms with Crippen molar-refractivity contribution >= 4 is 27.6 Å². The number of rotatable bonds is 9. The van der Waals surface area contributed by atoms with Crippen molar-refractivity contribution in [1.29, 1.82) is 0 Å². The van der Waals surface area contributed by atoms with Gasteiger partial charge in [-0.05, 0) is 89.4 Å². The van der Waals surface area contributed by atoms with E-state index in [0.29, 0.717) is 31.1 Å². The minimum atomic E-state index is -3.98. The van der Waals surface area contributed by atoms with Gasteiger partial charge in [0.15, 0.2) is 0 Å². The summed E-state index contributed by atoms with van der Waals surface area (Å²) in [5.41, 5.74) is 0.348. The Kier molecular flexibility index (Phi) is 13.5. The van der Waals surface area contributed by atoms with Crippen molar-refractivity contribution in [3.8, 4) is 11.5 Å². The monoisotopic (exact) mass is 662 g/mol. The first-order chi connectivity index (χ1) is 21.7. The first-order valence-electron chi connectivity index (χ1n) is 15.8. The van der Waals surface area contributed by atoms with Gasteiger partial charge >= 0.3 is 6.03 Å². The zero-order chi connectivity index (χ0) is 34.0. The van der Waals surface area contributed by atoms with E-state index in [1.165, 1.54) is 25.3 Å². The molecule has 2 aromatic carbocycles. The highest BCUT2D eigenvalue weighted by atomic mass is 32.2. The third-order valence-electron chi connectivity index (χ3n) is 7.89. The fraction of sp³-hybridized carbons (Fsp3) is 0.576. The van der Waals surface area contributed by atoms with E-state index in [0.717, 1.165) is 12.8 Å². The molecule has 12 nitrogen and oxygen atoms in total. The summed E-state index contributed by atoms with van der Waals surface area (Å²) >= 11 is 0. The van der Waals surface area contributed by atoms with Gasteiger partial charge in [-0.25, -0.2) is 13.2 Å². The lowest BCUT2D eigenvalue weighted by Crippen LogP contribution is -2.49. The van der Waals surface area contributed by atoms with E-state index in [-0.39, 0.29) is 59.5 Å². The number of amides is 3. The second-order valence-corrected chi connectivity index (χ2v) is 14.0. The van der Waals surface area contributed by atoms with Crippen LogP contribution in [0.2, 0.25) is 0 Å². The summed E-state index contributed by atoms with van der Waals surface area (Å²) in [7, 11) is -0.777. The van der Waals surface area contributed by atoms with Crippen molar-refractivity contribution in [1.82, 2.24) is 15.1 Å². The zero-order valence-electron chi connectivity index (χ0n) is 28.0. The Balaban J connectivity index is 1.98. The Morgan fingerprint density at radius 1 is 1.13 bits per heavy atom. The Bertz CT molecular complexity index is 1400. The van der Waals surface area contributed by atoms with Gasteiger partial charge in [0.2, 0.25) is 0 Å². The van der Waals surface area contributed by atoms with Crippen LogP contribution in [0.4, 0.5) is 10.5 Å². The quantitative estimate of drug-likeness (QED) is 0.360. The van der Waals surface area contributed by atoms with Crippen LogP contribution in [0.1, 0.15) is 64.2 Å². The van der Waals surface area contributed by atoms with Crippen molar-refractivity contribution in [2.75, 3.05) is 45.2 Å². The molecule has 0 spiro atoms. The van der Waals surface area contributed by atoms with Gasteiger partial charge in [0, 0.05) is 44.4 Å². The van der Waals surface area contributed by atoms with Crippen LogP contribution in [-0.4, -0.2) is 100 Å². The highest BCUT2D eigenvalue weighted by Crippen LogP contribution is 2.30. The molecule has 13 heteroatoms. The Morgan fingerprint density at radius 3 is 2.46 bits per heavy atom. The van der Waals surface area contributed by atoms with Crippen molar-refractivity contribution in [2.45, 2.75) is 83.1 Å². The SMILES string of the molecule is COc1ccc(S(=O)(=O)Nc2ccc3c(c2)C(=O)N([C@@H](C)CO)C[C@@H](C)[C@@H](CN(C)C(=O)NC(C)C)OCCCC[C@@H](C)O3)cc1. The van der Waals surface area contributed by atoms with Crippen LogP contribution >= 0.6 is 0 Å². The van der Waals surface area contributed by atoms with Crippen LogP contribution in [0.15, 0.2) is 47.4 Å². The van der Waals surface area contributed by atoms with E-state index < -0.39 is 22.0 Å². The molecular formula is C33H50N4O8S. The highest BCUT2D eigenvalue weighted by molar-refractivity contribution is 7.92. The number of carbonyl (C=O) groups excluding carboxylic acids is 2. The topological polar surface area (TPSA) is 147 Å². The number of fused-ring (bicyclic) bond motifs is 1. The number of aliphatic hydroxyl groups is 1. The molecular weight excluding hydrogens is 612 g/mol. The summed E-state index contributed by atoms with van der Waals surface area (Å²) < 4.78 is 46.7. The molecule has 46 heavy (non-hydrogen) atoms. The third-order valence-corrected chi connectivity index (χ3v) is 9.28. The summed E-state index contributed by atoms with van der Waals surface area (Å²) in [6, 6.07) is 9.79. The van der Waals surface area contributed by atoms with Crippen LogP contribution in [0.5, 0.6) is 11.5 Å². The van der Waals surface area contributed by atoms with Crippen LogP contribution in [0.25, 0.3) is 0 Å². The number of aliphatic hydroxyl groups excluding tert-OH is 1. The average Bonchev–Trinajstić information content (AvgIpc) is 3.01. The predicted octanol–water partition coefficient (Wildman–Crippen LogP) is 4.34. The van der Waals surface area contributed by atoms with E-state index in [9.17, 15) is 23.1 Å². The average molecular weight is 663 g/mol. The standard InChI is InChI=1S/C33H50N4O8S/c1-22(2)34-33(40)36(6)20-31-23(3)19-37(24(4)21-38)32(39)29-18-26(11-16-30(29)45-25(5)10-8-9-17-44-31)35-46(41,42)28-14-12-27(43-7)13-15-28/h11-16,18,22-25,31,35,38H,8-10,17,19-21H2,1-7H3,(H,34,40)/t23-,24+,25-,31-/m1/s1. The van der Waals surface area contributed by atoms with E-state index in [4.69, 9.17) is 14.2 Å². The Hall–Kier alpha value is -3.55. The van der Waals surface area contributed by atoms with Gasteiger partial charge < -0.3 is 34.4 Å². The fourth-order valence-corrected chi connectivity index (χ4v) is 6.18. The van der Waals surface area contributed by atoms with Gasteiger partial charge in [0.05, 0.1) is 42.4 Å². The first-order valence-corrected chi connectivity index (χ1v) is 17.3. The maximum Gasteiger partial charge on any atom is 0.317 e. The summed E-state index contributed by atoms with van der Waals surface area (Å²) in [4.78, 5) is 30.2. The number of sulfonamides is 1. The largest absolute Gasteiger partial charge is 0.497 e. The number of methoxy groups -OCH3 is 1. The molecule has 0 unspecified atom stereocenters. The summed E-state index contributed by atoms with van der Waals surface area (Å²) in [5, 5.41) is 13.1. The molecule has 4 atom stereocenters. The van der Waals surface area contributed by atoms with Gasteiger partial charge in [-0.1, -0.05) is 6.92 Å². The van der Waals surface area contributed by atoms with Crippen molar-refractivity contribution < 1.29 is 37.3 Å². The number of carbonyl (C=O) groups is 2. The van der Waals surface area contributed by atoms with Crippen LogP contribution in [-0.2, 0) is 14.8 Å². The molecule has 0 bridgehead atoms. The van der Waals surface area contributed by atoms with Crippen molar-refractivity contribution in [3.63, 3.8) is 0 Å². The number of hydrogen-bond acceptors (Lipinski definition) is 8. The minimum Gasteiger partial charge on any atom is -0.497 e. The molecule has 1 aliphatic rings. The Labute approximate surface area is 273 Å². The number of benzene rings is 2. The minimum absolute atomic E-state index is 0.0225. The molecule has 0 radical (unpaired) electrons. The van der Waals surface area contributed by atoms with Crippen molar-refractivity contribution in [3.05, 3.63) is 48.0 Å². The normalized spacial score (nSPS) is 20.6. The molecule has 0 fully saturated rings. The molecule has 0 aliphatic carbocycles. The fourth-order valence-electron chi connectivity index (χ4n) is 5.13. The Morgan fingerprint density at radius 2 is 1.83 bits per heavy atom. The smallest absolute Gasteiger partial charge is 0.317 e. The number of likely N-dealkylation sites (N-methyl/N-ethyl adjacent to an activating group) is 1. The summed E-state index contributed by atoms with van der Waals surface area (Å²) in [5.74, 6) is 0.188. The van der Waals surface area contributed by atoms with Gasteiger partial charge in [0.1, 0.15) is 11.5 Å². The third kappa shape index (κ3) is 10.2. The predicted molar refractivity (Wildman–Crippen MR) is 177 cm³/mol. The number of anilines is 1. The maximum absolute atomic E-state index is 14.3. The van der Waals surface area contributed by atoms with E-state index >= 15 is 0 Å². The molecule has 0 saturated carbocycles. The lowest BCUT2D eigenvalue weighted by atomic mass is 10.0. The molecule has 3 N–H and O–H groups in total. The van der Waals surface area contributed by atoms with E-state index in [2.05, 4.69) is 10.0 Å². The number of nitrogens with zero attached hydrogens (tertiary/aromatic N) is 2. The molecule has 256 valence electrons. The summed E-state index contributed by atoms with van der Waals surface area (Å²) in [6.07, 6.45) is 1.69. The van der Waals surface area contributed by atoms with Crippen LogP contribution in [0.3, 0.4) is 0 Å². The molecule has 2 aromatic rings. The van der Waals surface area contributed by atoms with Gasteiger partial charge in [-0.3, -0.25) is 9.52 Å². The van der Waals surface area contributed by atoms with Crippen LogP contribution in [0, 0.1) is 5.92 Å². The van der Waals surface area contributed by atoms with Gasteiger partial charge in [0.25, 0.3) is 15.9 Å². The molecule has 1 aliphatic heterocycles. The number of hydrogen-bond donors (Lipinski definition) is 3. The second-order valence-electron chi connectivity index (χ2n) is 12.3.